The molecule has 0 N–H and O–H groups in total. The van der Waals surface area contributed by atoms with Crippen molar-refractivity contribution < 1.29 is 14.2 Å². The maximum absolute atomic E-state index is 11.2. The number of fused-ring (bicyclic) bond motifs is 4. The Labute approximate surface area is 250 Å². The molecule has 2 fully saturated rings. The van der Waals surface area contributed by atoms with Gasteiger partial charge in [0.1, 0.15) is 45.6 Å². The van der Waals surface area contributed by atoms with Crippen molar-refractivity contribution in [3.63, 3.8) is 0 Å². The summed E-state index contributed by atoms with van der Waals surface area (Å²) >= 11 is 6.26. The summed E-state index contributed by atoms with van der Waals surface area (Å²) in [5.74, 6) is 1.91. The van der Waals surface area contributed by atoms with E-state index < -0.39 is 16.7 Å². The van der Waals surface area contributed by atoms with Crippen LogP contribution in [0.2, 0.25) is 0 Å². The van der Waals surface area contributed by atoms with Gasteiger partial charge in [-0.1, -0.05) is 54.7 Å². The lowest BCUT2D eigenvalue weighted by Crippen LogP contribution is -2.73. The third-order valence-corrected chi connectivity index (χ3v) is 9.14. The van der Waals surface area contributed by atoms with Gasteiger partial charge in [-0.25, -0.2) is 4.99 Å². The lowest BCUT2D eigenvalue weighted by atomic mass is 9.53. The Balaban J connectivity index is 1.58. The Bertz CT molecular complexity index is 1660. The molecule has 3 unspecified atom stereocenters. The fourth-order valence-electron chi connectivity index (χ4n) is 6.79. The van der Waals surface area contributed by atoms with Gasteiger partial charge >= 0.3 is 0 Å². The van der Waals surface area contributed by atoms with Crippen LogP contribution in [-0.4, -0.2) is 63.5 Å². The van der Waals surface area contributed by atoms with Crippen molar-refractivity contribution in [2.24, 2.45) is 15.8 Å². The molecule has 0 spiro atoms. The Morgan fingerprint density at radius 1 is 0.762 bits per heavy atom. The van der Waals surface area contributed by atoms with Crippen molar-refractivity contribution in [3.8, 4) is 29.4 Å². The number of anilines is 2. The second-order valence-corrected chi connectivity index (χ2v) is 11.0. The van der Waals surface area contributed by atoms with Crippen molar-refractivity contribution in [1.29, 1.82) is 10.5 Å². The largest absolute Gasteiger partial charge is 0.496 e. The molecule has 3 aliphatic rings. The van der Waals surface area contributed by atoms with Gasteiger partial charge < -0.3 is 28.9 Å². The van der Waals surface area contributed by atoms with Gasteiger partial charge in [0.15, 0.2) is 0 Å². The lowest BCUT2D eigenvalue weighted by molar-refractivity contribution is 0.202. The van der Waals surface area contributed by atoms with E-state index in [1.54, 1.807) is 21.3 Å². The van der Waals surface area contributed by atoms with E-state index in [0.717, 1.165) is 16.9 Å². The number of piperidine rings is 2. The Morgan fingerprint density at radius 2 is 1.29 bits per heavy atom. The van der Waals surface area contributed by atoms with Crippen LogP contribution in [-0.2, 0) is 0 Å². The normalized spacial score (nSPS) is 24.6. The summed E-state index contributed by atoms with van der Waals surface area (Å²) < 4.78 is 17.1. The third kappa shape index (κ3) is 3.87. The molecule has 0 radical (unpaired) electrons. The van der Waals surface area contributed by atoms with E-state index in [2.05, 4.69) is 17.0 Å². The van der Waals surface area contributed by atoms with Crippen molar-refractivity contribution in [2.45, 2.75) is 5.92 Å². The highest BCUT2D eigenvalue weighted by Crippen LogP contribution is 2.60. The number of thiocarbonyl (C=S) groups is 1. The number of amidine groups is 1. The fraction of sp³-hybridized carbons (Fsp3) is 0.312. The molecule has 6 rings (SSSR count). The van der Waals surface area contributed by atoms with Crippen LogP contribution < -0.4 is 24.0 Å². The van der Waals surface area contributed by atoms with E-state index >= 15 is 0 Å². The van der Waals surface area contributed by atoms with Gasteiger partial charge in [-0.2, -0.15) is 10.5 Å². The van der Waals surface area contributed by atoms with Crippen LogP contribution in [0.5, 0.6) is 17.2 Å². The van der Waals surface area contributed by atoms with E-state index in [1.165, 1.54) is 0 Å². The van der Waals surface area contributed by atoms with Crippen LogP contribution >= 0.6 is 12.2 Å². The number of benzene rings is 3. The van der Waals surface area contributed by atoms with Crippen LogP contribution in [0, 0.1) is 33.5 Å². The predicted molar refractivity (Wildman–Crippen MR) is 164 cm³/mol. The van der Waals surface area contributed by atoms with Gasteiger partial charge in [0.05, 0.1) is 51.5 Å². The van der Waals surface area contributed by atoms with Crippen LogP contribution in [0.4, 0.5) is 11.4 Å². The minimum Gasteiger partial charge on any atom is -0.496 e. The smallest absolute Gasteiger partial charge is 0.142 e. The molecule has 3 atom stereocenters. The second-order valence-electron chi connectivity index (χ2n) is 10.6. The van der Waals surface area contributed by atoms with Gasteiger partial charge in [0, 0.05) is 24.6 Å². The molecule has 0 aromatic heterocycles. The number of nitrogens with zero attached hydrogens (tertiary/aromatic N) is 6. The minimum atomic E-state index is -1.28. The van der Waals surface area contributed by atoms with Crippen LogP contribution in [0.3, 0.4) is 0 Å². The zero-order valence-electron chi connectivity index (χ0n) is 23.7. The average Bonchev–Trinajstić information content (AvgIpc) is 3.06. The summed E-state index contributed by atoms with van der Waals surface area (Å²) in [5, 5.41) is 22.4. The van der Waals surface area contributed by atoms with Gasteiger partial charge in [0.2, 0.25) is 0 Å². The molecular weight excluding hydrogens is 548 g/mol. The first-order valence-corrected chi connectivity index (χ1v) is 14.0. The van der Waals surface area contributed by atoms with Crippen molar-refractivity contribution >= 4 is 34.4 Å². The summed E-state index contributed by atoms with van der Waals surface area (Å²) in [4.78, 5) is 11.5. The molecular formula is C32H30N6O3S. The second kappa shape index (κ2) is 10.6. The monoisotopic (exact) mass is 578 g/mol. The molecule has 2 saturated heterocycles. The van der Waals surface area contributed by atoms with E-state index in [-0.39, 0.29) is 13.1 Å². The number of rotatable bonds is 6. The number of nitriles is 2. The van der Waals surface area contributed by atoms with Crippen molar-refractivity contribution in [2.75, 3.05) is 57.6 Å². The van der Waals surface area contributed by atoms with E-state index in [0.29, 0.717) is 41.4 Å². The van der Waals surface area contributed by atoms with Gasteiger partial charge in [-0.3, -0.25) is 0 Å². The number of hydrogen-bond donors (Lipinski definition) is 0. The molecule has 42 heavy (non-hydrogen) atoms. The summed E-state index contributed by atoms with van der Waals surface area (Å²) in [6.07, 6.45) is 0. The maximum atomic E-state index is 11.2. The summed E-state index contributed by atoms with van der Waals surface area (Å²) in [7, 11) is 4.85. The predicted octanol–water partition coefficient (Wildman–Crippen LogP) is 4.81. The third-order valence-electron chi connectivity index (χ3n) is 8.55. The zero-order chi connectivity index (χ0) is 29.5. The molecule has 0 aliphatic carbocycles. The van der Waals surface area contributed by atoms with Crippen molar-refractivity contribution in [1.82, 2.24) is 4.90 Å². The van der Waals surface area contributed by atoms with Crippen molar-refractivity contribution in [3.05, 3.63) is 78.4 Å². The molecule has 3 heterocycles. The van der Waals surface area contributed by atoms with Crippen LogP contribution in [0.1, 0.15) is 11.5 Å². The quantitative estimate of drug-likeness (QED) is 0.382. The van der Waals surface area contributed by atoms with Gasteiger partial charge in [-0.05, 0) is 30.3 Å². The summed E-state index contributed by atoms with van der Waals surface area (Å²) in [6.45, 7) is 1.17. The fourth-order valence-corrected chi connectivity index (χ4v) is 7.17. The molecule has 3 aromatic rings. The molecule has 212 valence electrons. The number of methoxy groups -OCH3 is 3. The Morgan fingerprint density at radius 3 is 1.88 bits per heavy atom. The molecule has 3 aromatic carbocycles. The first-order valence-electron chi connectivity index (χ1n) is 13.6. The topological polar surface area (TPSA) is 97.3 Å². The molecule has 10 heteroatoms. The van der Waals surface area contributed by atoms with Crippen LogP contribution in [0.25, 0.3) is 0 Å². The highest BCUT2D eigenvalue weighted by atomic mass is 32.1. The Hall–Kier alpha value is -4.80. The van der Waals surface area contributed by atoms with Gasteiger partial charge in [0.25, 0.3) is 0 Å². The maximum Gasteiger partial charge on any atom is 0.142 e. The number of aliphatic imine (C=N–C) groups is 1. The summed E-state index contributed by atoms with van der Waals surface area (Å²) in [5.41, 5.74) is -0.101. The number of para-hydroxylation sites is 5. The highest BCUT2D eigenvalue weighted by molar-refractivity contribution is 7.80. The average molecular weight is 579 g/mol. The number of ether oxygens (including phenoxy) is 3. The first kappa shape index (κ1) is 27.4. The van der Waals surface area contributed by atoms with E-state index in [4.69, 9.17) is 31.4 Å². The van der Waals surface area contributed by atoms with E-state index in [9.17, 15) is 10.5 Å². The van der Waals surface area contributed by atoms with Crippen LogP contribution in [0.15, 0.2) is 77.8 Å². The molecule has 0 amide bonds. The number of hydrogen-bond acceptors (Lipinski definition) is 9. The SMILES string of the molecule is COc1ccccc1C1C2(C#N)CN(c3ccccc3OC)CC1(C#N)C1=NCN(c3ccccc3OC)CN1C2=S. The molecule has 9 nitrogen and oxygen atoms in total. The zero-order valence-corrected chi connectivity index (χ0v) is 24.5. The standard InChI is InChI=1S/C32H30N6O3S/c1-39-25-13-7-4-10-22(25)28-31(16-33)18-36(23-11-5-8-14-26(23)40-2)19-32(28,17-34)30(42)38-21-37(20-35-29(31)38)24-12-6-9-15-27(24)41-3/h4-15,28H,18-21H2,1-3H3. The Kier molecular flexibility index (Phi) is 6.88. The highest BCUT2D eigenvalue weighted by Gasteiger charge is 2.69. The first-order chi connectivity index (χ1) is 20.5. The summed E-state index contributed by atoms with van der Waals surface area (Å²) in [6, 6.07) is 28.3. The van der Waals surface area contributed by atoms with Gasteiger partial charge in [-0.15, -0.1) is 0 Å². The molecule has 3 aliphatic heterocycles. The minimum absolute atomic E-state index is 0.257. The molecule has 0 saturated carbocycles. The molecule has 2 bridgehead atoms. The van der Waals surface area contributed by atoms with E-state index in [1.807, 2.05) is 82.6 Å². The lowest BCUT2D eigenvalue weighted by Gasteiger charge is -2.61.